The van der Waals surface area contributed by atoms with Gasteiger partial charge in [-0.15, -0.1) is 11.3 Å². The van der Waals surface area contributed by atoms with Gasteiger partial charge in [-0.25, -0.2) is 18.0 Å². The third kappa shape index (κ3) is 2.49. The molecular weight excluding hydrogens is 293 g/mol. The molecule has 10 heteroatoms. The fourth-order valence-electron chi connectivity index (χ4n) is 1.33. The van der Waals surface area contributed by atoms with Gasteiger partial charge < -0.3 is 9.52 Å². The maximum atomic E-state index is 11.4. The van der Waals surface area contributed by atoms with Crippen LogP contribution in [0.2, 0.25) is 0 Å². The maximum absolute atomic E-state index is 11.4. The van der Waals surface area contributed by atoms with Crippen LogP contribution in [0.1, 0.15) is 10.4 Å². The molecule has 1 N–H and O–H groups in total. The largest absolute Gasteiger partial charge is 0.477 e. The fourth-order valence-corrected chi connectivity index (χ4v) is 2.96. The molecule has 0 amide bonds. The van der Waals surface area contributed by atoms with Crippen molar-refractivity contribution in [2.24, 2.45) is 0 Å². The van der Waals surface area contributed by atoms with Gasteiger partial charge in [-0.3, -0.25) is 4.31 Å². The lowest BCUT2D eigenvalue weighted by atomic mass is 10.3. The Morgan fingerprint density at radius 2 is 2.11 bits per heavy atom. The number of thiophene rings is 1. The molecule has 0 aliphatic heterocycles. The Balaban J connectivity index is 2.65. The number of rotatable bonds is 3. The highest BCUT2D eigenvalue weighted by Gasteiger charge is 2.18. The quantitative estimate of drug-likeness (QED) is 0.823. The number of aromatic carboxylic acids is 1. The molecule has 0 fully saturated rings. The second kappa shape index (κ2) is 4.39. The lowest BCUT2D eigenvalue weighted by molar-refractivity contribution is 0.0692. The van der Waals surface area contributed by atoms with Crippen LogP contribution >= 0.6 is 11.3 Å². The summed E-state index contributed by atoms with van der Waals surface area (Å²) in [6, 6.07) is 2.44. The Morgan fingerprint density at radius 3 is 2.63 bits per heavy atom. The molecule has 2 heterocycles. The summed E-state index contributed by atoms with van der Waals surface area (Å²) < 4.78 is 28.3. The van der Waals surface area contributed by atoms with Crippen molar-refractivity contribution in [3.05, 3.63) is 28.1 Å². The lowest BCUT2D eigenvalue weighted by Gasteiger charge is -2.13. The molecule has 0 saturated heterocycles. The van der Waals surface area contributed by atoms with Crippen molar-refractivity contribution in [1.29, 1.82) is 0 Å². The van der Waals surface area contributed by atoms with Gasteiger partial charge >= 0.3 is 11.6 Å². The first-order chi connectivity index (χ1) is 8.70. The first-order valence-corrected chi connectivity index (χ1v) is 7.10. The average Bonchev–Trinajstić information content (AvgIpc) is 2.67. The van der Waals surface area contributed by atoms with Crippen LogP contribution < -0.4 is 9.93 Å². The van der Waals surface area contributed by atoms with Crippen LogP contribution in [0, 0.1) is 0 Å². The maximum Gasteiger partial charge on any atom is 0.351 e. The number of carboxylic acid groups (broad SMARTS) is 1. The van der Waals surface area contributed by atoms with E-state index in [1.54, 1.807) is 0 Å². The number of fused-ring (bicyclic) bond motifs is 1. The van der Waals surface area contributed by atoms with Crippen molar-refractivity contribution in [2.45, 2.75) is 0 Å². The molecule has 19 heavy (non-hydrogen) atoms. The highest BCUT2D eigenvalue weighted by Crippen LogP contribution is 2.32. The molecule has 7 nitrogen and oxygen atoms in total. The molecule has 0 atom stereocenters. The van der Waals surface area contributed by atoms with Crippen molar-refractivity contribution >= 4 is 49.6 Å². The average molecular weight is 299 g/mol. The van der Waals surface area contributed by atoms with E-state index in [9.17, 15) is 18.0 Å². The van der Waals surface area contributed by atoms with Crippen molar-refractivity contribution in [1.82, 2.24) is 0 Å². The van der Waals surface area contributed by atoms with E-state index in [1.807, 2.05) is 0 Å². The monoisotopic (exact) mass is 299 g/mol. The Hall–Kier alpha value is -1.81. The number of nitrogens with zero attached hydrogens (tertiary/aromatic N) is 1. The van der Waals surface area contributed by atoms with Crippen LogP contribution in [0.15, 0.2) is 21.3 Å². The van der Waals surface area contributed by atoms with E-state index in [-0.39, 0.29) is 10.6 Å². The van der Waals surface area contributed by atoms with Crippen molar-refractivity contribution in [2.75, 3.05) is 11.4 Å². The summed E-state index contributed by atoms with van der Waals surface area (Å²) in [5.41, 5.74) is -1.41. The summed E-state index contributed by atoms with van der Waals surface area (Å²) in [7, 11) is 2.26. The smallest absolute Gasteiger partial charge is 0.351 e. The number of hydrogen-bond acceptors (Lipinski definition) is 6. The van der Waals surface area contributed by atoms with Gasteiger partial charge in [0.2, 0.25) is 0 Å². The predicted octanol–water partition coefficient (Wildman–Crippen LogP) is 0.402. The zero-order valence-corrected chi connectivity index (χ0v) is 11.1. The van der Waals surface area contributed by atoms with Gasteiger partial charge in [-0.1, -0.05) is 0 Å². The second-order valence-corrected chi connectivity index (χ2v) is 6.22. The Kier molecular flexibility index (Phi) is 3.15. The minimum absolute atomic E-state index is 0.102. The van der Waals surface area contributed by atoms with E-state index < -0.39 is 27.0 Å². The molecule has 2 aromatic heterocycles. The summed E-state index contributed by atoms with van der Waals surface area (Å²) in [4.78, 5) is 22.1. The zero-order valence-electron chi connectivity index (χ0n) is 9.48. The van der Waals surface area contributed by atoms with E-state index in [1.165, 1.54) is 13.1 Å². The first-order valence-electron chi connectivity index (χ1n) is 4.78. The Labute approximate surface area is 112 Å². The molecular formula is C9H6BNO6S2. The molecule has 2 rings (SSSR count). The first kappa shape index (κ1) is 13.6. The van der Waals surface area contributed by atoms with Gasteiger partial charge in [-0.2, -0.15) is 0 Å². The molecule has 2 radical (unpaired) electrons. The SMILES string of the molecule is [B]S(=O)(=O)N(C)c1cc2oc(=O)c(C(=O)O)cc2s1. The standard InChI is InChI=1S/C9H6BNO6S2/c1-11(19(10,15)16)7-3-5-6(18-7)2-4(8(12)13)9(14)17-5/h2-3H,1H3,(H,12,13). The molecule has 0 saturated carbocycles. The summed E-state index contributed by atoms with van der Waals surface area (Å²) in [5.74, 6) is -1.41. The fraction of sp³-hybridized carbons (Fsp3) is 0.111. The van der Waals surface area contributed by atoms with Crippen molar-refractivity contribution < 1.29 is 22.7 Å². The topological polar surface area (TPSA) is 105 Å². The third-order valence-corrected chi connectivity index (χ3v) is 4.55. The van der Waals surface area contributed by atoms with Gasteiger partial charge in [0.15, 0.2) is 15.5 Å². The zero-order chi connectivity index (χ0) is 14.4. The highest BCUT2D eigenvalue weighted by atomic mass is 32.2. The minimum Gasteiger partial charge on any atom is -0.477 e. The van der Waals surface area contributed by atoms with Crippen molar-refractivity contribution in [3.8, 4) is 0 Å². The number of carbonyl (C=O) groups is 1. The number of anilines is 1. The van der Waals surface area contributed by atoms with E-state index in [2.05, 4.69) is 0 Å². The lowest BCUT2D eigenvalue weighted by Crippen LogP contribution is -2.24. The summed E-state index contributed by atoms with van der Waals surface area (Å²) in [6.07, 6.45) is 0. The molecule has 2 aromatic rings. The molecule has 0 unspecified atom stereocenters. The summed E-state index contributed by atoms with van der Waals surface area (Å²) in [5, 5.41) is 9.00. The Morgan fingerprint density at radius 1 is 1.47 bits per heavy atom. The second-order valence-electron chi connectivity index (χ2n) is 3.58. The number of carboxylic acids is 1. The van der Waals surface area contributed by atoms with Crippen molar-refractivity contribution in [3.63, 3.8) is 0 Å². The normalized spacial score (nSPS) is 11.6. The number of hydrogen-bond donors (Lipinski definition) is 1. The van der Waals surface area contributed by atoms with E-state index in [0.717, 1.165) is 21.7 Å². The predicted molar refractivity (Wildman–Crippen MR) is 70.4 cm³/mol. The van der Waals surface area contributed by atoms with Gasteiger partial charge in [0.25, 0.3) is 7.12 Å². The van der Waals surface area contributed by atoms with E-state index in [4.69, 9.17) is 16.6 Å². The van der Waals surface area contributed by atoms with Gasteiger partial charge in [0, 0.05) is 13.1 Å². The summed E-state index contributed by atoms with van der Waals surface area (Å²) >= 11 is 0.943. The van der Waals surface area contributed by atoms with Crippen LogP contribution in [0.25, 0.3) is 10.3 Å². The minimum atomic E-state index is -3.93. The van der Waals surface area contributed by atoms with Crippen LogP contribution in [-0.4, -0.2) is 33.7 Å². The molecule has 0 bridgehead atoms. The molecule has 0 aromatic carbocycles. The van der Waals surface area contributed by atoms with Crippen LogP contribution in [0.3, 0.4) is 0 Å². The summed E-state index contributed by atoms with van der Waals surface area (Å²) in [6.45, 7) is 0. The van der Waals surface area contributed by atoms with Crippen LogP contribution in [-0.2, 0) is 9.87 Å². The molecule has 98 valence electrons. The van der Waals surface area contributed by atoms with Gasteiger partial charge in [0.05, 0.1) is 4.70 Å². The van der Waals surface area contributed by atoms with Crippen LogP contribution in [0.5, 0.6) is 0 Å². The van der Waals surface area contributed by atoms with E-state index >= 15 is 0 Å². The highest BCUT2D eigenvalue weighted by molar-refractivity contribution is 8.13. The third-order valence-electron chi connectivity index (χ3n) is 2.33. The van der Waals surface area contributed by atoms with E-state index in [0.29, 0.717) is 4.70 Å². The molecule has 0 aliphatic rings. The molecule has 0 aliphatic carbocycles. The van der Waals surface area contributed by atoms with Gasteiger partial charge in [0.1, 0.15) is 10.6 Å². The van der Waals surface area contributed by atoms with Crippen LogP contribution in [0.4, 0.5) is 5.00 Å². The van der Waals surface area contributed by atoms with Gasteiger partial charge in [-0.05, 0) is 6.07 Å². The molecule has 0 spiro atoms. The Bertz CT molecular complexity index is 821.